The van der Waals surface area contributed by atoms with Gasteiger partial charge >= 0.3 is 0 Å². The molecule has 0 bridgehead atoms. The van der Waals surface area contributed by atoms with Crippen LogP contribution in [0.15, 0.2) is 17.2 Å². The second-order valence-electron chi connectivity index (χ2n) is 4.23. The number of nitrogens with one attached hydrogen (secondary N) is 1. The molecule has 1 aromatic heterocycles. The third kappa shape index (κ3) is 4.31. The number of nitrogens with zero attached hydrogens (tertiary/aromatic N) is 2. The lowest BCUT2D eigenvalue weighted by Gasteiger charge is -2.10. The van der Waals surface area contributed by atoms with Crippen LogP contribution in [-0.4, -0.2) is 16.1 Å². The molecule has 0 aliphatic heterocycles. The summed E-state index contributed by atoms with van der Waals surface area (Å²) in [4.78, 5) is 16.0. The summed E-state index contributed by atoms with van der Waals surface area (Å²) < 4.78 is 1.69. The van der Waals surface area contributed by atoms with Crippen molar-refractivity contribution in [2.24, 2.45) is 5.92 Å². The van der Waals surface area contributed by atoms with Gasteiger partial charge < -0.3 is 9.88 Å². The Labute approximate surface area is 102 Å². The minimum absolute atomic E-state index is 0.0642. The SMILES string of the molecule is CC#CCCNc1nccn(CC(C)C)c1=O. The molecule has 0 amide bonds. The van der Waals surface area contributed by atoms with Crippen LogP contribution in [0.3, 0.4) is 0 Å². The summed E-state index contributed by atoms with van der Waals surface area (Å²) in [6.45, 7) is 7.32. The Balaban J connectivity index is 2.72. The van der Waals surface area contributed by atoms with E-state index >= 15 is 0 Å². The topological polar surface area (TPSA) is 46.9 Å². The second-order valence-corrected chi connectivity index (χ2v) is 4.23. The van der Waals surface area contributed by atoms with Gasteiger partial charge in [0.25, 0.3) is 5.56 Å². The predicted molar refractivity (Wildman–Crippen MR) is 69.9 cm³/mol. The van der Waals surface area contributed by atoms with Crippen LogP contribution in [0.4, 0.5) is 5.82 Å². The fourth-order valence-electron chi connectivity index (χ4n) is 1.47. The fourth-order valence-corrected chi connectivity index (χ4v) is 1.47. The Bertz CT molecular complexity index is 466. The molecule has 0 saturated carbocycles. The van der Waals surface area contributed by atoms with Crippen molar-refractivity contribution in [3.8, 4) is 11.8 Å². The van der Waals surface area contributed by atoms with Crippen molar-refractivity contribution in [3.05, 3.63) is 22.7 Å². The van der Waals surface area contributed by atoms with Gasteiger partial charge in [0, 0.05) is 31.9 Å². The van der Waals surface area contributed by atoms with Gasteiger partial charge in [-0.15, -0.1) is 11.8 Å². The van der Waals surface area contributed by atoms with Gasteiger partial charge in [-0.3, -0.25) is 4.79 Å². The Morgan fingerprint density at radius 3 is 2.94 bits per heavy atom. The lowest BCUT2D eigenvalue weighted by Crippen LogP contribution is -2.26. The van der Waals surface area contributed by atoms with E-state index in [0.717, 1.165) is 6.42 Å². The first kappa shape index (κ1) is 13.3. The lowest BCUT2D eigenvalue weighted by molar-refractivity contribution is 0.509. The van der Waals surface area contributed by atoms with Crippen LogP contribution < -0.4 is 10.9 Å². The van der Waals surface area contributed by atoms with Crippen molar-refractivity contribution >= 4 is 5.82 Å². The van der Waals surface area contributed by atoms with Crippen LogP contribution in [0.5, 0.6) is 0 Å². The zero-order valence-corrected chi connectivity index (χ0v) is 10.7. The van der Waals surface area contributed by atoms with Crippen molar-refractivity contribution < 1.29 is 0 Å². The molecule has 1 rings (SSSR count). The second kappa shape index (κ2) is 6.74. The molecular weight excluding hydrogens is 214 g/mol. The van der Waals surface area contributed by atoms with E-state index in [0.29, 0.717) is 24.8 Å². The summed E-state index contributed by atoms with van der Waals surface area (Å²) in [5.41, 5.74) is -0.0642. The highest BCUT2D eigenvalue weighted by Gasteiger charge is 2.04. The van der Waals surface area contributed by atoms with E-state index in [1.54, 1.807) is 23.9 Å². The van der Waals surface area contributed by atoms with Crippen molar-refractivity contribution in [1.29, 1.82) is 0 Å². The average Bonchev–Trinajstić information content (AvgIpc) is 2.28. The highest BCUT2D eigenvalue weighted by Crippen LogP contribution is 1.98. The molecule has 0 saturated heterocycles. The molecule has 17 heavy (non-hydrogen) atoms. The quantitative estimate of drug-likeness (QED) is 0.622. The van der Waals surface area contributed by atoms with Crippen molar-refractivity contribution in [1.82, 2.24) is 9.55 Å². The van der Waals surface area contributed by atoms with E-state index in [1.165, 1.54) is 0 Å². The maximum Gasteiger partial charge on any atom is 0.293 e. The molecule has 1 aromatic rings. The number of anilines is 1. The van der Waals surface area contributed by atoms with Crippen LogP contribution in [0.1, 0.15) is 27.2 Å². The summed E-state index contributed by atoms with van der Waals surface area (Å²) in [7, 11) is 0. The van der Waals surface area contributed by atoms with Crippen molar-refractivity contribution in [2.75, 3.05) is 11.9 Å². The summed E-state index contributed by atoms with van der Waals surface area (Å²) in [5.74, 6) is 6.60. The first-order valence-electron chi connectivity index (χ1n) is 5.84. The fraction of sp³-hybridized carbons (Fsp3) is 0.538. The van der Waals surface area contributed by atoms with Gasteiger partial charge in [0.1, 0.15) is 0 Å². The van der Waals surface area contributed by atoms with E-state index in [4.69, 9.17) is 0 Å². The number of hydrogen-bond donors (Lipinski definition) is 1. The first-order chi connectivity index (χ1) is 8.15. The maximum atomic E-state index is 12.0. The molecule has 1 heterocycles. The highest BCUT2D eigenvalue weighted by molar-refractivity contribution is 5.30. The third-order valence-electron chi connectivity index (χ3n) is 2.19. The molecule has 4 heteroatoms. The van der Waals surface area contributed by atoms with Crippen molar-refractivity contribution in [2.45, 2.75) is 33.7 Å². The van der Waals surface area contributed by atoms with Crippen LogP contribution in [0.25, 0.3) is 0 Å². The molecular formula is C13H19N3O. The smallest absolute Gasteiger partial charge is 0.293 e. The minimum Gasteiger partial charge on any atom is -0.365 e. The number of rotatable bonds is 5. The van der Waals surface area contributed by atoms with Gasteiger partial charge in [0.15, 0.2) is 5.82 Å². The van der Waals surface area contributed by atoms with E-state index in [-0.39, 0.29) is 5.56 Å². The van der Waals surface area contributed by atoms with E-state index in [9.17, 15) is 4.79 Å². The molecule has 92 valence electrons. The maximum absolute atomic E-state index is 12.0. The Morgan fingerprint density at radius 2 is 2.29 bits per heavy atom. The normalized spacial score (nSPS) is 9.88. The van der Waals surface area contributed by atoms with E-state index in [2.05, 4.69) is 36.0 Å². The zero-order chi connectivity index (χ0) is 12.7. The molecule has 0 radical (unpaired) electrons. The Morgan fingerprint density at radius 1 is 1.53 bits per heavy atom. The standard InChI is InChI=1S/C13H19N3O/c1-4-5-6-7-14-12-13(17)16(9-8-15-12)10-11(2)3/h8-9,11H,6-7,10H2,1-3H3,(H,14,15). The third-order valence-corrected chi connectivity index (χ3v) is 2.19. The molecule has 0 aromatic carbocycles. The molecule has 4 nitrogen and oxygen atoms in total. The Hall–Kier alpha value is -1.76. The molecule has 0 aliphatic rings. The minimum atomic E-state index is -0.0642. The molecule has 0 unspecified atom stereocenters. The summed E-state index contributed by atoms with van der Waals surface area (Å²) in [6.07, 6.45) is 4.09. The Kier molecular flexibility index (Phi) is 5.28. The summed E-state index contributed by atoms with van der Waals surface area (Å²) >= 11 is 0. The molecule has 0 spiro atoms. The largest absolute Gasteiger partial charge is 0.365 e. The van der Waals surface area contributed by atoms with Gasteiger partial charge in [-0.25, -0.2) is 4.98 Å². The van der Waals surface area contributed by atoms with Crippen LogP contribution in [-0.2, 0) is 6.54 Å². The predicted octanol–water partition coefficient (Wildman–Crippen LogP) is 1.72. The molecule has 0 fully saturated rings. The first-order valence-corrected chi connectivity index (χ1v) is 5.84. The van der Waals surface area contributed by atoms with Crippen LogP contribution in [0.2, 0.25) is 0 Å². The average molecular weight is 233 g/mol. The molecule has 0 aliphatic carbocycles. The van der Waals surface area contributed by atoms with E-state index < -0.39 is 0 Å². The van der Waals surface area contributed by atoms with Gasteiger partial charge in [-0.05, 0) is 12.8 Å². The van der Waals surface area contributed by atoms with Gasteiger partial charge in [0.2, 0.25) is 0 Å². The number of hydrogen-bond acceptors (Lipinski definition) is 3. The molecule has 1 N–H and O–H groups in total. The van der Waals surface area contributed by atoms with Gasteiger partial charge in [-0.1, -0.05) is 13.8 Å². The molecule has 0 atom stereocenters. The van der Waals surface area contributed by atoms with Gasteiger partial charge in [-0.2, -0.15) is 0 Å². The van der Waals surface area contributed by atoms with Crippen LogP contribution >= 0.6 is 0 Å². The highest BCUT2D eigenvalue weighted by atomic mass is 16.1. The zero-order valence-electron chi connectivity index (χ0n) is 10.7. The van der Waals surface area contributed by atoms with E-state index in [1.807, 2.05) is 0 Å². The van der Waals surface area contributed by atoms with Crippen LogP contribution in [0, 0.1) is 17.8 Å². The van der Waals surface area contributed by atoms with Crippen molar-refractivity contribution in [3.63, 3.8) is 0 Å². The number of aromatic nitrogens is 2. The monoisotopic (exact) mass is 233 g/mol. The summed E-state index contributed by atoms with van der Waals surface area (Å²) in [6, 6.07) is 0. The summed E-state index contributed by atoms with van der Waals surface area (Å²) in [5, 5.41) is 3.01. The lowest BCUT2D eigenvalue weighted by atomic mass is 10.2. The van der Waals surface area contributed by atoms with Gasteiger partial charge in [0.05, 0.1) is 0 Å².